The van der Waals surface area contributed by atoms with Gasteiger partial charge in [-0.2, -0.15) is 5.10 Å². The average molecular weight is 287 g/mol. The van der Waals surface area contributed by atoms with Crippen LogP contribution >= 0.6 is 0 Å². The SMILES string of the molecule is NCC1=NN(c2ccc(F)cc2)C(c2ccccc2F)C1. The monoisotopic (exact) mass is 287 g/mol. The van der Waals surface area contributed by atoms with Crippen molar-refractivity contribution in [1.82, 2.24) is 0 Å². The first-order valence-electron chi connectivity index (χ1n) is 6.74. The van der Waals surface area contributed by atoms with E-state index >= 15 is 0 Å². The number of hydrogen-bond donors (Lipinski definition) is 1. The van der Waals surface area contributed by atoms with Gasteiger partial charge in [0.15, 0.2) is 0 Å². The number of halogens is 2. The largest absolute Gasteiger partial charge is 0.325 e. The van der Waals surface area contributed by atoms with E-state index in [0.29, 0.717) is 24.2 Å². The summed E-state index contributed by atoms with van der Waals surface area (Å²) in [6.07, 6.45) is 0.564. The quantitative estimate of drug-likeness (QED) is 0.941. The van der Waals surface area contributed by atoms with Crippen molar-refractivity contribution in [2.24, 2.45) is 10.8 Å². The number of nitrogens with zero attached hydrogens (tertiary/aromatic N) is 2. The molecule has 2 N–H and O–H groups in total. The van der Waals surface area contributed by atoms with Crippen LogP contribution in [0.4, 0.5) is 14.5 Å². The highest BCUT2D eigenvalue weighted by atomic mass is 19.1. The Hall–Kier alpha value is -2.27. The maximum atomic E-state index is 14.1. The maximum absolute atomic E-state index is 14.1. The van der Waals surface area contributed by atoms with Crippen LogP contribution in [0.5, 0.6) is 0 Å². The van der Waals surface area contributed by atoms with Crippen LogP contribution in [0.15, 0.2) is 53.6 Å². The second kappa shape index (κ2) is 5.61. The van der Waals surface area contributed by atoms with Gasteiger partial charge in [0.1, 0.15) is 11.6 Å². The zero-order valence-electron chi connectivity index (χ0n) is 11.3. The molecule has 0 fully saturated rings. The van der Waals surface area contributed by atoms with E-state index in [9.17, 15) is 8.78 Å². The molecule has 3 nitrogen and oxygen atoms in total. The lowest BCUT2D eigenvalue weighted by Crippen LogP contribution is -2.19. The Labute approximate surface area is 121 Å². The van der Waals surface area contributed by atoms with E-state index in [0.717, 1.165) is 5.71 Å². The summed E-state index contributed by atoms with van der Waals surface area (Å²) in [6, 6.07) is 12.4. The molecule has 2 aromatic rings. The molecule has 21 heavy (non-hydrogen) atoms. The fourth-order valence-corrected chi connectivity index (χ4v) is 2.52. The fourth-order valence-electron chi connectivity index (χ4n) is 2.52. The molecule has 5 heteroatoms. The summed E-state index contributed by atoms with van der Waals surface area (Å²) >= 11 is 0. The highest BCUT2D eigenvalue weighted by Crippen LogP contribution is 2.36. The number of hydrazone groups is 1. The van der Waals surface area contributed by atoms with E-state index < -0.39 is 0 Å². The van der Waals surface area contributed by atoms with Crippen LogP contribution < -0.4 is 10.7 Å². The van der Waals surface area contributed by atoms with Crippen molar-refractivity contribution >= 4 is 11.4 Å². The molecule has 0 radical (unpaired) electrons. The standard InChI is InChI=1S/C16H15F2N3/c17-11-5-7-13(8-6-11)21-16(9-12(10-19)20-21)14-3-1-2-4-15(14)18/h1-8,16H,9-10,19H2. The van der Waals surface area contributed by atoms with Crippen molar-refractivity contribution in [2.75, 3.05) is 11.6 Å². The lowest BCUT2D eigenvalue weighted by Gasteiger charge is -2.24. The molecular weight excluding hydrogens is 272 g/mol. The van der Waals surface area contributed by atoms with E-state index in [1.54, 1.807) is 35.3 Å². The van der Waals surface area contributed by atoms with Gasteiger partial charge in [-0.15, -0.1) is 0 Å². The Bertz CT molecular complexity index is 667. The summed E-state index contributed by atoms with van der Waals surface area (Å²) < 4.78 is 27.1. The molecule has 1 atom stereocenters. The summed E-state index contributed by atoms with van der Waals surface area (Å²) in [4.78, 5) is 0. The van der Waals surface area contributed by atoms with Gasteiger partial charge in [0.05, 0.1) is 17.4 Å². The number of rotatable bonds is 3. The van der Waals surface area contributed by atoms with Crippen molar-refractivity contribution in [3.8, 4) is 0 Å². The summed E-state index contributed by atoms with van der Waals surface area (Å²) in [7, 11) is 0. The first-order chi connectivity index (χ1) is 10.2. The predicted octanol–water partition coefficient (Wildman–Crippen LogP) is 3.23. The van der Waals surface area contributed by atoms with Gasteiger partial charge in [0.2, 0.25) is 0 Å². The summed E-state index contributed by atoms with van der Waals surface area (Å²) in [5, 5.41) is 6.15. The third-order valence-electron chi connectivity index (χ3n) is 3.56. The lowest BCUT2D eigenvalue weighted by atomic mass is 10.0. The topological polar surface area (TPSA) is 41.6 Å². The zero-order valence-corrected chi connectivity index (χ0v) is 11.3. The van der Waals surface area contributed by atoms with Crippen LogP contribution in [-0.2, 0) is 0 Å². The minimum Gasteiger partial charge on any atom is -0.325 e. The third kappa shape index (κ3) is 2.64. The van der Waals surface area contributed by atoms with Crippen LogP contribution in [0, 0.1) is 11.6 Å². The molecule has 1 aliphatic rings. The van der Waals surface area contributed by atoms with Crippen molar-refractivity contribution in [1.29, 1.82) is 0 Å². The maximum Gasteiger partial charge on any atom is 0.128 e. The van der Waals surface area contributed by atoms with Crippen molar-refractivity contribution in [3.05, 3.63) is 65.7 Å². The Balaban J connectivity index is 2.00. The van der Waals surface area contributed by atoms with E-state index in [1.165, 1.54) is 18.2 Å². The molecule has 0 saturated carbocycles. The van der Waals surface area contributed by atoms with Crippen LogP contribution in [0.3, 0.4) is 0 Å². The molecule has 0 spiro atoms. The predicted molar refractivity (Wildman–Crippen MR) is 79.1 cm³/mol. The van der Waals surface area contributed by atoms with Gasteiger partial charge in [-0.05, 0) is 30.3 Å². The highest BCUT2D eigenvalue weighted by Gasteiger charge is 2.30. The fraction of sp³-hybridized carbons (Fsp3) is 0.188. The molecule has 1 aliphatic heterocycles. The van der Waals surface area contributed by atoms with Gasteiger partial charge in [0, 0.05) is 18.5 Å². The Morgan fingerprint density at radius 3 is 2.48 bits per heavy atom. The second-order valence-corrected chi connectivity index (χ2v) is 4.93. The van der Waals surface area contributed by atoms with Gasteiger partial charge in [0.25, 0.3) is 0 Å². The van der Waals surface area contributed by atoms with E-state index in [4.69, 9.17) is 5.73 Å². The molecule has 3 rings (SSSR count). The van der Waals surface area contributed by atoms with Crippen LogP contribution in [0.25, 0.3) is 0 Å². The average Bonchev–Trinajstić information content (AvgIpc) is 2.92. The first kappa shape index (κ1) is 13.7. The van der Waals surface area contributed by atoms with Crippen LogP contribution in [0.1, 0.15) is 18.0 Å². The minimum atomic E-state index is -0.316. The van der Waals surface area contributed by atoms with Crippen molar-refractivity contribution in [3.63, 3.8) is 0 Å². The van der Waals surface area contributed by atoms with E-state index in [2.05, 4.69) is 5.10 Å². The highest BCUT2D eigenvalue weighted by molar-refractivity contribution is 5.90. The van der Waals surface area contributed by atoms with Crippen molar-refractivity contribution < 1.29 is 8.78 Å². The molecule has 1 heterocycles. The number of anilines is 1. The molecule has 0 saturated heterocycles. The Morgan fingerprint density at radius 1 is 1.10 bits per heavy atom. The molecule has 1 unspecified atom stereocenters. The lowest BCUT2D eigenvalue weighted by molar-refractivity contribution is 0.578. The molecule has 0 amide bonds. The number of benzene rings is 2. The van der Waals surface area contributed by atoms with Gasteiger partial charge in [-0.25, -0.2) is 8.78 Å². The minimum absolute atomic E-state index is 0.254. The van der Waals surface area contributed by atoms with E-state index in [1.807, 2.05) is 0 Å². The third-order valence-corrected chi connectivity index (χ3v) is 3.56. The molecule has 2 aromatic carbocycles. The number of hydrogen-bond acceptors (Lipinski definition) is 3. The molecule has 108 valence electrons. The van der Waals surface area contributed by atoms with Crippen LogP contribution in [-0.4, -0.2) is 12.3 Å². The molecule has 0 bridgehead atoms. The normalized spacial score (nSPS) is 18.0. The second-order valence-electron chi connectivity index (χ2n) is 4.93. The molecule has 0 aromatic heterocycles. The smallest absolute Gasteiger partial charge is 0.128 e. The van der Waals surface area contributed by atoms with Gasteiger partial charge in [-0.3, -0.25) is 5.01 Å². The van der Waals surface area contributed by atoms with Gasteiger partial charge in [-0.1, -0.05) is 18.2 Å². The van der Waals surface area contributed by atoms with Crippen molar-refractivity contribution in [2.45, 2.75) is 12.5 Å². The van der Waals surface area contributed by atoms with E-state index in [-0.39, 0.29) is 17.7 Å². The summed E-state index contributed by atoms with van der Waals surface area (Å²) in [5.41, 5.74) is 7.74. The molecule has 0 aliphatic carbocycles. The molecular formula is C16H15F2N3. The Morgan fingerprint density at radius 2 is 1.81 bits per heavy atom. The van der Waals surface area contributed by atoms with Gasteiger partial charge < -0.3 is 5.73 Å². The summed E-state index contributed by atoms with van der Waals surface area (Å²) in [5.74, 6) is -0.591. The Kier molecular flexibility index (Phi) is 3.66. The zero-order chi connectivity index (χ0) is 14.8. The van der Waals surface area contributed by atoms with Crippen LogP contribution in [0.2, 0.25) is 0 Å². The first-order valence-corrected chi connectivity index (χ1v) is 6.74. The number of nitrogens with two attached hydrogens (primary N) is 1. The summed E-state index contributed by atoms with van der Waals surface area (Å²) in [6.45, 7) is 0.322. The van der Waals surface area contributed by atoms with Gasteiger partial charge >= 0.3 is 0 Å².